The molecule has 0 unspecified atom stereocenters. The molecule has 140 valence electrons. The predicted octanol–water partition coefficient (Wildman–Crippen LogP) is 1.55. The Morgan fingerprint density at radius 1 is 1.11 bits per heavy atom. The third-order valence-corrected chi connectivity index (χ3v) is 4.28. The van der Waals surface area contributed by atoms with Crippen LogP contribution < -0.4 is 16.0 Å². The molecule has 1 aliphatic heterocycles. The molecule has 9 heteroatoms. The fourth-order valence-corrected chi connectivity index (χ4v) is 2.94. The average molecular weight is 376 g/mol. The number of fused-ring (bicyclic) bond motifs is 1. The molecule has 9 nitrogen and oxygen atoms in total. The van der Waals surface area contributed by atoms with Crippen LogP contribution in [0.15, 0.2) is 54.9 Å². The number of carbonyl (C=O) groups is 3. The zero-order valence-electron chi connectivity index (χ0n) is 14.6. The fourth-order valence-electron chi connectivity index (χ4n) is 2.94. The molecule has 1 aromatic heterocycles. The minimum Gasteiger partial charge on any atom is -0.340 e. The molecule has 0 radical (unpaired) electrons. The number of para-hydroxylation sites is 1. The smallest absolute Gasteiger partial charge is 0.254 e. The molecule has 3 aromatic rings. The Hall–Kier alpha value is -4.01. The molecule has 0 spiro atoms. The van der Waals surface area contributed by atoms with Gasteiger partial charge in [0.25, 0.3) is 5.91 Å². The Morgan fingerprint density at radius 3 is 2.79 bits per heavy atom. The first kappa shape index (κ1) is 17.4. The van der Waals surface area contributed by atoms with E-state index in [1.807, 2.05) is 6.07 Å². The molecule has 3 amide bonds. The lowest BCUT2D eigenvalue weighted by Gasteiger charge is -2.14. The molecule has 2 heterocycles. The molecule has 0 fully saturated rings. The molecular weight excluding hydrogens is 360 g/mol. The minimum absolute atomic E-state index is 0.196. The summed E-state index contributed by atoms with van der Waals surface area (Å²) in [6.07, 6.45) is 1.20. The van der Waals surface area contributed by atoms with Crippen LogP contribution in [0.5, 0.6) is 0 Å². The largest absolute Gasteiger partial charge is 0.340 e. The van der Waals surface area contributed by atoms with Crippen molar-refractivity contribution in [3.63, 3.8) is 0 Å². The number of aromatic amines is 1. The maximum atomic E-state index is 12.4. The van der Waals surface area contributed by atoms with Crippen molar-refractivity contribution in [2.45, 2.75) is 12.5 Å². The van der Waals surface area contributed by atoms with E-state index in [1.54, 1.807) is 42.5 Å². The summed E-state index contributed by atoms with van der Waals surface area (Å²) in [5.41, 5.74) is 2.08. The van der Waals surface area contributed by atoms with E-state index in [0.29, 0.717) is 22.8 Å². The Balaban J connectivity index is 1.45. The third-order valence-electron chi connectivity index (χ3n) is 4.28. The molecule has 0 bridgehead atoms. The number of carbonyl (C=O) groups excluding carboxylic acids is 3. The number of hydrogen-bond acceptors (Lipinski definition) is 5. The maximum absolute atomic E-state index is 12.4. The first-order valence-electron chi connectivity index (χ1n) is 8.56. The van der Waals surface area contributed by atoms with Gasteiger partial charge in [0, 0.05) is 11.3 Å². The van der Waals surface area contributed by atoms with E-state index in [-0.39, 0.29) is 6.42 Å². The quantitative estimate of drug-likeness (QED) is 0.549. The number of rotatable bonds is 4. The van der Waals surface area contributed by atoms with Gasteiger partial charge in [-0.05, 0) is 24.3 Å². The highest BCUT2D eigenvalue weighted by atomic mass is 16.2. The van der Waals surface area contributed by atoms with Crippen molar-refractivity contribution in [2.24, 2.45) is 0 Å². The van der Waals surface area contributed by atoms with Crippen LogP contribution in [0.4, 0.5) is 11.4 Å². The van der Waals surface area contributed by atoms with Crippen LogP contribution in [0, 0.1) is 0 Å². The van der Waals surface area contributed by atoms with E-state index in [0.717, 1.165) is 5.56 Å². The molecule has 1 aliphatic rings. The zero-order chi connectivity index (χ0) is 19.5. The number of nitrogens with one attached hydrogen (secondary N) is 4. The van der Waals surface area contributed by atoms with Gasteiger partial charge in [-0.2, -0.15) is 5.10 Å². The molecule has 0 aliphatic carbocycles. The summed E-state index contributed by atoms with van der Waals surface area (Å²) in [7, 11) is 0. The van der Waals surface area contributed by atoms with E-state index < -0.39 is 23.8 Å². The molecule has 4 rings (SSSR count). The molecule has 0 saturated heterocycles. The first-order chi connectivity index (χ1) is 13.6. The molecule has 28 heavy (non-hydrogen) atoms. The summed E-state index contributed by atoms with van der Waals surface area (Å²) < 4.78 is 0. The maximum Gasteiger partial charge on any atom is 0.254 e. The number of aromatic nitrogens is 3. The van der Waals surface area contributed by atoms with Gasteiger partial charge in [0.05, 0.1) is 17.7 Å². The topological polar surface area (TPSA) is 129 Å². The van der Waals surface area contributed by atoms with Crippen molar-refractivity contribution < 1.29 is 14.4 Å². The normalized spacial score (nSPS) is 15.8. The van der Waals surface area contributed by atoms with Gasteiger partial charge in [0.1, 0.15) is 12.4 Å². The molecule has 1 atom stereocenters. The second-order valence-electron chi connectivity index (χ2n) is 6.23. The Kier molecular flexibility index (Phi) is 4.55. The number of nitrogens with zero attached hydrogens (tertiary/aromatic N) is 2. The number of H-pyrrole nitrogens is 1. The summed E-state index contributed by atoms with van der Waals surface area (Å²) in [5.74, 6) is -0.673. The van der Waals surface area contributed by atoms with E-state index in [2.05, 4.69) is 31.1 Å². The predicted molar refractivity (Wildman–Crippen MR) is 101 cm³/mol. The lowest BCUT2D eigenvalue weighted by Crippen LogP contribution is -2.43. The van der Waals surface area contributed by atoms with E-state index in [1.165, 1.54) is 6.33 Å². The van der Waals surface area contributed by atoms with Crippen molar-refractivity contribution in [3.05, 3.63) is 60.4 Å². The summed E-state index contributed by atoms with van der Waals surface area (Å²) >= 11 is 0. The summed E-state index contributed by atoms with van der Waals surface area (Å²) in [4.78, 5) is 41.2. The van der Waals surface area contributed by atoms with Crippen molar-refractivity contribution in [1.82, 2.24) is 20.5 Å². The minimum atomic E-state index is -0.975. The van der Waals surface area contributed by atoms with Gasteiger partial charge in [0.15, 0.2) is 5.82 Å². The standard InChI is InChI=1S/C19H16N6O3/c26-16(22-12-5-3-4-11(8-12)17-20-10-21-25-17)9-15-19(28)23-14-7-2-1-6-13(14)18(27)24-15/h1-8,10,15H,9H2,(H,22,26)(H,23,28)(H,24,27)(H,20,21,25)/t15-/m0/s1. The lowest BCUT2D eigenvalue weighted by molar-refractivity contribution is -0.122. The second kappa shape index (κ2) is 7.31. The monoisotopic (exact) mass is 376 g/mol. The number of benzene rings is 2. The van der Waals surface area contributed by atoms with E-state index >= 15 is 0 Å². The number of hydrogen-bond donors (Lipinski definition) is 4. The lowest BCUT2D eigenvalue weighted by atomic mass is 10.1. The first-order valence-corrected chi connectivity index (χ1v) is 8.56. The van der Waals surface area contributed by atoms with Crippen molar-refractivity contribution >= 4 is 29.1 Å². The SMILES string of the molecule is O=C(C[C@@H]1NC(=O)c2ccccc2NC1=O)Nc1cccc(-c2ncn[nH]2)c1. The van der Waals surface area contributed by atoms with Gasteiger partial charge in [-0.15, -0.1) is 0 Å². The number of anilines is 2. The van der Waals surface area contributed by atoms with Crippen LogP contribution in [0.3, 0.4) is 0 Å². The van der Waals surface area contributed by atoms with Gasteiger partial charge in [-0.25, -0.2) is 4.98 Å². The van der Waals surface area contributed by atoms with Crippen LogP contribution in [0.25, 0.3) is 11.4 Å². The van der Waals surface area contributed by atoms with E-state index in [9.17, 15) is 14.4 Å². The number of amides is 3. The Labute approximate surface area is 159 Å². The molecule has 0 saturated carbocycles. The Bertz CT molecular complexity index is 1050. The van der Waals surface area contributed by atoms with Crippen LogP contribution in [0.2, 0.25) is 0 Å². The van der Waals surface area contributed by atoms with Crippen molar-refractivity contribution in [2.75, 3.05) is 10.6 Å². The van der Waals surface area contributed by atoms with Crippen LogP contribution >= 0.6 is 0 Å². The second-order valence-corrected chi connectivity index (χ2v) is 6.23. The molecular formula is C19H16N6O3. The average Bonchev–Trinajstić information content (AvgIpc) is 3.19. The zero-order valence-corrected chi connectivity index (χ0v) is 14.6. The van der Waals surface area contributed by atoms with Crippen molar-refractivity contribution in [1.29, 1.82) is 0 Å². The highest BCUT2D eigenvalue weighted by molar-refractivity contribution is 6.11. The fraction of sp³-hybridized carbons (Fsp3) is 0.105. The highest BCUT2D eigenvalue weighted by Gasteiger charge is 2.29. The van der Waals surface area contributed by atoms with Crippen LogP contribution in [-0.2, 0) is 9.59 Å². The van der Waals surface area contributed by atoms with Crippen LogP contribution in [-0.4, -0.2) is 38.9 Å². The van der Waals surface area contributed by atoms with Gasteiger partial charge in [-0.3, -0.25) is 19.5 Å². The third kappa shape index (κ3) is 3.58. The van der Waals surface area contributed by atoms with Gasteiger partial charge in [0.2, 0.25) is 11.8 Å². The van der Waals surface area contributed by atoms with Crippen molar-refractivity contribution in [3.8, 4) is 11.4 Å². The summed E-state index contributed by atoms with van der Waals surface area (Å²) in [6.45, 7) is 0. The highest BCUT2D eigenvalue weighted by Crippen LogP contribution is 2.20. The molecule has 2 aromatic carbocycles. The van der Waals surface area contributed by atoms with Crippen LogP contribution in [0.1, 0.15) is 16.8 Å². The Morgan fingerprint density at radius 2 is 1.96 bits per heavy atom. The summed E-state index contributed by atoms with van der Waals surface area (Å²) in [6, 6.07) is 12.8. The summed E-state index contributed by atoms with van der Waals surface area (Å²) in [5, 5.41) is 14.6. The van der Waals surface area contributed by atoms with E-state index in [4.69, 9.17) is 0 Å². The molecule has 4 N–H and O–H groups in total. The van der Waals surface area contributed by atoms with Gasteiger partial charge in [-0.1, -0.05) is 24.3 Å². The van der Waals surface area contributed by atoms with Gasteiger partial charge >= 0.3 is 0 Å². The van der Waals surface area contributed by atoms with Gasteiger partial charge < -0.3 is 16.0 Å².